The van der Waals surface area contributed by atoms with Crippen LogP contribution in [0.1, 0.15) is 23.9 Å². The molecule has 0 atom stereocenters. The summed E-state index contributed by atoms with van der Waals surface area (Å²) in [4.78, 5) is 12.0. The van der Waals surface area contributed by atoms with Crippen LogP contribution in [0.15, 0.2) is 62.9 Å². The summed E-state index contributed by atoms with van der Waals surface area (Å²) in [5.41, 5.74) is 2.31. The molecule has 0 N–H and O–H groups in total. The van der Waals surface area contributed by atoms with Crippen molar-refractivity contribution in [2.24, 2.45) is 7.05 Å². The van der Waals surface area contributed by atoms with E-state index in [1.807, 2.05) is 41.9 Å². The number of halogens is 1. The Morgan fingerprint density at radius 1 is 1.17 bits per heavy atom. The lowest BCUT2D eigenvalue weighted by Gasteiger charge is -2.08. The van der Waals surface area contributed by atoms with E-state index in [0.717, 1.165) is 28.1 Å². The monoisotopic (exact) mass is 441 g/mol. The maximum atomic E-state index is 12.0. The molecule has 2 aromatic heterocycles. The topological polar surface area (TPSA) is 70.2 Å². The van der Waals surface area contributed by atoms with Gasteiger partial charge in [-0.05, 0) is 35.7 Å². The summed E-state index contributed by atoms with van der Waals surface area (Å²) < 4.78 is 13.0. The van der Waals surface area contributed by atoms with E-state index in [0.29, 0.717) is 27.9 Å². The Balaban J connectivity index is 1.50. The van der Waals surface area contributed by atoms with Crippen LogP contribution in [-0.2, 0) is 25.8 Å². The Hall–Kier alpha value is -2.77. The molecule has 2 aromatic carbocycles. The summed E-state index contributed by atoms with van der Waals surface area (Å²) in [5.74, 6) is 1.86. The van der Waals surface area contributed by atoms with Crippen molar-refractivity contribution in [2.45, 2.75) is 30.9 Å². The zero-order valence-corrected chi connectivity index (χ0v) is 18.2. The summed E-state index contributed by atoms with van der Waals surface area (Å²) in [7, 11) is 1.89. The van der Waals surface area contributed by atoms with Crippen molar-refractivity contribution in [1.29, 1.82) is 0 Å². The van der Waals surface area contributed by atoms with Crippen molar-refractivity contribution >= 4 is 34.3 Å². The smallest absolute Gasteiger partial charge is 0.336 e. The predicted molar refractivity (Wildman–Crippen MR) is 118 cm³/mol. The highest BCUT2D eigenvalue weighted by atomic mass is 35.5. The third-order valence-corrected chi connectivity index (χ3v) is 6.16. The average Bonchev–Trinajstić information content (AvgIpc) is 3.10. The standard InChI is InChI=1S/C22H20ClN3O3S/c1-3-14-8-9-16-15(11-21(27)29-19(16)10-14)13-30-22-25-24-20(26(22)2)12-28-18-7-5-4-6-17(18)23/h4-11H,3,12-13H2,1-2H3. The molecule has 6 nitrogen and oxygen atoms in total. The lowest BCUT2D eigenvalue weighted by molar-refractivity contribution is 0.290. The molecule has 154 valence electrons. The third-order valence-electron chi connectivity index (χ3n) is 4.78. The average molecular weight is 442 g/mol. The van der Waals surface area contributed by atoms with Gasteiger partial charge in [0.25, 0.3) is 0 Å². The number of ether oxygens (including phenoxy) is 1. The number of aryl methyl sites for hydroxylation is 1. The van der Waals surface area contributed by atoms with E-state index in [4.69, 9.17) is 20.8 Å². The van der Waals surface area contributed by atoms with Crippen LogP contribution in [0, 0.1) is 0 Å². The van der Waals surface area contributed by atoms with E-state index in [-0.39, 0.29) is 12.2 Å². The van der Waals surface area contributed by atoms with E-state index >= 15 is 0 Å². The quantitative estimate of drug-likeness (QED) is 0.296. The molecular weight excluding hydrogens is 422 g/mol. The van der Waals surface area contributed by atoms with Gasteiger partial charge >= 0.3 is 5.63 Å². The first kappa shape index (κ1) is 20.5. The zero-order chi connectivity index (χ0) is 21.1. The van der Waals surface area contributed by atoms with E-state index in [1.165, 1.54) is 11.8 Å². The fourth-order valence-electron chi connectivity index (χ4n) is 3.06. The predicted octanol–water partition coefficient (Wildman–Crippen LogP) is 5.01. The second-order valence-corrected chi connectivity index (χ2v) is 8.09. The minimum Gasteiger partial charge on any atom is -0.484 e. The first-order valence-electron chi connectivity index (χ1n) is 9.49. The number of hydrogen-bond donors (Lipinski definition) is 0. The first-order valence-corrected chi connectivity index (χ1v) is 10.9. The molecule has 0 fully saturated rings. The van der Waals surface area contributed by atoms with Crippen LogP contribution >= 0.6 is 23.4 Å². The Morgan fingerprint density at radius 3 is 2.80 bits per heavy atom. The second kappa shape index (κ2) is 8.93. The molecule has 0 saturated heterocycles. The summed E-state index contributed by atoms with van der Waals surface area (Å²) in [5, 5.41) is 10.7. The van der Waals surface area contributed by atoms with Crippen molar-refractivity contribution in [1.82, 2.24) is 14.8 Å². The summed E-state index contributed by atoms with van der Waals surface area (Å²) in [6.07, 6.45) is 0.886. The Bertz CT molecular complexity index is 1250. The molecule has 8 heteroatoms. The molecular formula is C22H20ClN3O3S. The third kappa shape index (κ3) is 4.37. The highest BCUT2D eigenvalue weighted by Gasteiger charge is 2.13. The SMILES string of the molecule is CCc1ccc2c(CSc3nnc(COc4ccccc4Cl)n3C)cc(=O)oc2c1. The Labute approximate surface area is 182 Å². The van der Waals surface area contributed by atoms with Crippen molar-refractivity contribution < 1.29 is 9.15 Å². The normalized spacial score (nSPS) is 11.2. The van der Waals surface area contributed by atoms with Crippen LogP contribution in [0.5, 0.6) is 5.75 Å². The van der Waals surface area contributed by atoms with Crippen molar-refractivity contribution in [2.75, 3.05) is 0 Å². The van der Waals surface area contributed by atoms with Crippen LogP contribution in [0.4, 0.5) is 0 Å². The molecule has 0 amide bonds. The van der Waals surface area contributed by atoms with E-state index in [9.17, 15) is 4.79 Å². The molecule has 30 heavy (non-hydrogen) atoms. The van der Waals surface area contributed by atoms with Gasteiger partial charge in [0.05, 0.1) is 5.02 Å². The molecule has 0 spiro atoms. The fourth-order valence-corrected chi connectivity index (χ4v) is 4.17. The van der Waals surface area contributed by atoms with Gasteiger partial charge in [0.15, 0.2) is 11.0 Å². The molecule has 0 aliphatic carbocycles. The van der Waals surface area contributed by atoms with E-state index in [1.54, 1.807) is 12.1 Å². The number of nitrogens with zero attached hydrogens (tertiary/aromatic N) is 3. The molecule has 0 saturated carbocycles. The number of aromatic nitrogens is 3. The van der Waals surface area contributed by atoms with Gasteiger partial charge in [-0.3, -0.25) is 0 Å². The van der Waals surface area contributed by atoms with Gasteiger partial charge in [-0.15, -0.1) is 10.2 Å². The Kier molecular flexibility index (Phi) is 6.11. The van der Waals surface area contributed by atoms with Crippen LogP contribution < -0.4 is 10.4 Å². The summed E-state index contributed by atoms with van der Waals surface area (Å²) >= 11 is 7.63. The molecule has 0 radical (unpaired) electrons. The van der Waals surface area contributed by atoms with Gasteiger partial charge in [0, 0.05) is 24.3 Å². The lowest BCUT2D eigenvalue weighted by atomic mass is 10.1. The molecule has 0 unspecified atom stereocenters. The second-order valence-electron chi connectivity index (χ2n) is 6.74. The van der Waals surface area contributed by atoms with Crippen LogP contribution in [0.25, 0.3) is 11.0 Å². The number of rotatable bonds is 7. The highest BCUT2D eigenvalue weighted by molar-refractivity contribution is 7.98. The van der Waals surface area contributed by atoms with Crippen molar-refractivity contribution in [3.63, 3.8) is 0 Å². The van der Waals surface area contributed by atoms with Crippen molar-refractivity contribution in [3.05, 3.63) is 80.9 Å². The van der Waals surface area contributed by atoms with Crippen LogP contribution in [0.3, 0.4) is 0 Å². The number of hydrogen-bond acceptors (Lipinski definition) is 6. The largest absolute Gasteiger partial charge is 0.484 e. The highest BCUT2D eigenvalue weighted by Crippen LogP contribution is 2.27. The Morgan fingerprint density at radius 2 is 2.00 bits per heavy atom. The number of para-hydroxylation sites is 1. The minimum absolute atomic E-state index is 0.255. The summed E-state index contributed by atoms with van der Waals surface area (Å²) in [6.45, 7) is 2.32. The number of benzene rings is 2. The van der Waals surface area contributed by atoms with Gasteiger partial charge in [0.1, 0.15) is 17.9 Å². The van der Waals surface area contributed by atoms with E-state index < -0.39 is 0 Å². The minimum atomic E-state index is -0.349. The van der Waals surface area contributed by atoms with Crippen LogP contribution in [0.2, 0.25) is 5.02 Å². The molecule has 2 heterocycles. The number of fused-ring (bicyclic) bond motifs is 1. The van der Waals surface area contributed by atoms with Gasteiger partial charge in [-0.1, -0.05) is 54.6 Å². The first-order chi connectivity index (χ1) is 14.5. The maximum absolute atomic E-state index is 12.0. The van der Waals surface area contributed by atoms with Gasteiger partial charge in [-0.2, -0.15) is 0 Å². The maximum Gasteiger partial charge on any atom is 0.336 e. The van der Waals surface area contributed by atoms with Crippen LogP contribution in [-0.4, -0.2) is 14.8 Å². The van der Waals surface area contributed by atoms with Gasteiger partial charge in [0.2, 0.25) is 0 Å². The molecule has 4 rings (SSSR count). The number of thioether (sulfide) groups is 1. The van der Waals surface area contributed by atoms with E-state index in [2.05, 4.69) is 23.2 Å². The zero-order valence-electron chi connectivity index (χ0n) is 16.6. The lowest BCUT2D eigenvalue weighted by Crippen LogP contribution is -2.05. The van der Waals surface area contributed by atoms with Crippen molar-refractivity contribution in [3.8, 4) is 5.75 Å². The summed E-state index contributed by atoms with van der Waals surface area (Å²) in [6, 6.07) is 14.8. The molecule has 0 aliphatic rings. The molecule has 0 aliphatic heterocycles. The van der Waals surface area contributed by atoms with Gasteiger partial charge in [-0.25, -0.2) is 4.79 Å². The van der Waals surface area contributed by atoms with Gasteiger partial charge < -0.3 is 13.7 Å². The molecule has 4 aromatic rings. The fraction of sp³-hybridized carbons (Fsp3) is 0.227. The molecule has 0 bridgehead atoms.